The van der Waals surface area contributed by atoms with E-state index in [4.69, 9.17) is 24.1 Å². The summed E-state index contributed by atoms with van der Waals surface area (Å²) < 4.78 is 23.1. The number of aryl methyl sites for hydroxylation is 2. The van der Waals surface area contributed by atoms with Gasteiger partial charge in [-0.3, -0.25) is 4.79 Å². The maximum atomic E-state index is 11.1. The second-order valence-corrected chi connectivity index (χ2v) is 9.73. The Morgan fingerprint density at radius 2 is 1.92 bits per heavy atom. The molecule has 1 heterocycles. The van der Waals surface area contributed by atoms with Crippen molar-refractivity contribution in [1.29, 1.82) is 0 Å². The lowest BCUT2D eigenvalue weighted by Gasteiger charge is -2.13. The van der Waals surface area contributed by atoms with Crippen LogP contribution < -0.4 is 18.9 Å². The van der Waals surface area contributed by atoms with E-state index in [0.29, 0.717) is 43.6 Å². The van der Waals surface area contributed by atoms with Crippen LogP contribution in [0.25, 0.3) is 10.6 Å². The molecule has 0 bridgehead atoms. The van der Waals surface area contributed by atoms with Crippen LogP contribution in [0.4, 0.5) is 0 Å². The van der Waals surface area contributed by atoms with Gasteiger partial charge in [0, 0.05) is 12.0 Å². The molecule has 4 rings (SSSR count). The first kappa shape index (κ1) is 25.8. The molecular weight excluding hydrogens is 478 g/mol. The van der Waals surface area contributed by atoms with E-state index in [1.165, 1.54) is 5.56 Å². The largest absolute Gasteiger partial charge is 0.493 e. The fourth-order valence-electron chi connectivity index (χ4n) is 4.48. The first-order chi connectivity index (χ1) is 17.5. The van der Waals surface area contributed by atoms with Crippen LogP contribution in [0, 0.1) is 0 Å². The highest BCUT2D eigenvalue weighted by Crippen LogP contribution is 2.38. The highest BCUT2D eigenvalue weighted by atomic mass is 32.1. The van der Waals surface area contributed by atoms with Gasteiger partial charge >= 0.3 is 5.97 Å². The monoisotopic (exact) mass is 511 g/mol. The second-order valence-electron chi connectivity index (χ2n) is 8.64. The van der Waals surface area contributed by atoms with E-state index in [2.05, 4.69) is 11.9 Å². The molecule has 1 aromatic heterocycles. The molecule has 2 aromatic carbocycles. The lowest BCUT2D eigenvalue weighted by atomic mass is 9.98. The van der Waals surface area contributed by atoms with Crippen molar-refractivity contribution < 1.29 is 28.8 Å². The number of aromatic nitrogens is 1. The van der Waals surface area contributed by atoms with Crippen LogP contribution in [0.15, 0.2) is 36.4 Å². The van der Waals surface area contributed by atoms with Gasteiger partial charge in [-0.15, -0.1) is 11.3 Å². The van der Waals surface area contributed by atoms with Gasteiger partial charge < -0.3 is 24.1 Å². The van der Waals surface area contributed by atoms with E-state index in [1.807, 2.05) is 43.3 Å². The summed E-state index contributed by atoms with van der Waals surface area (Å²) in [4.78, 5) is 16.8. The third kappa shape index (κ3) is 6.10. The maximum Gasteiger partial charge on any atom is 0.303 e. The number of carboxylic acid groups (broad SMARTS) is 1. The van der Waals surface area contributed by atoms with Crippen molar-refractivity contribution in [1.82, 2.24) is 4.98 Å². The van der Waals surface area contributed by atoms with Gasteiger partial charge in [-0.05, 0) is 73.6 Å². The molecule has 0 aliphatic heterocycles. The third-order valence-electron chi connectivity index (χ3n) is 6.23. The van der Waals surface area contributed by atoms with E-state index in [1.54, 1.807) is 18.4 Å². The zero-order valence-electron chi connectivity index (χ0n) is 21.0. The normalized spacial score (nSPS) is 14.4. The molecule has 0 saturated heterocycles. The minimum atomic E-state index is -0.746. The van der Waals surface area contributed by atoms with Crippen molar-refractivity contribution in [3.8, 4) is 33.7 Å². The highest BCUT2D eigenvalue weighted by molar-refractivity contribution is 7.15. The van der Waals surface area contributed by atoms with Crippen LogP contribution in [-0.2, 0) is 17.6 Å². The maximum absolute atomic E-state index is 11.1. The van der Waals surface area contributed by atoms with Crippen molar-refractivity contribution in [2.75, 3.05) is 26.9 Å². The van der Waals surface area contributed by atoms with E-state index >= 15 is 0 Å². The minimum absolute atomic E-state index is 0.109. The Morgan fingerprint density at radius 3 is 2.67 bits per heavy atom. The molecule has 1 atom stereocenters. The van der Waals surface area contributed by atoms with E-state index in [0.717, 1.165) is 46.0 Å². The van der Waals surface area contributed by atoms with Gasteiger partial charge in [-0.2, -0.15) is 0 Å². The highest BCUT2D eigenvalue weighted by Gasteiger charge is 2.25. The summed E-state index contributed by atoms with van der Waals surface area (Å²) in [5.41, 5.74) is 3.30. The molecule has 8 heteroatoms. The Labute approximate surface area is 216 Å². The fourth-order valence-corrected chi connectivity index (χ4v) is 5.42. The van der Waals surface area contributed by atoms with Gasteiger partial charge in [0.15, 0.2) is 11.5 Å². The standard InChI is InChI=1S/C28H33NO6S/c1-4-25-27(33-5-2)29-28(36-25)20-9-12-23(24(16-20)32-3)35-14-6-13-34-21-10-11-22-18(15-21)7-8-19(22)17-26(30)31/h9-12,15-16,19H,4-8,13-14,17H2,1-3H3,(H,30,31)/t19-/m0/s1. The molecule has 0 amide bonds. The van der Waals surface area contributed by atoms with Gasteiger partial charge in [0.1, 0.15) is 10.8 Å². The molecule has 0 unspecified atom stereocenters. The summed E-state index contributed by atoms with van der Waals surface area (Å²) in [6, 6.07) is 11.8. The molecule has 0 radical (unpaired) electrons. The Bertz CT molecular complexity index is 1190. The smallest absolute Gasteiger partial charge is 0.303 e. The van der Waals surface area contributed by atoms with Gasteiger partial charge in [0.25, 0.3) is 0 Å². The number of carboxylic acids is 1. The van der Waals surface area contributed by atoms with Gasteiger partial charge in [0.05, 0.1) is 38.2 Å². The predicted molar refractivity (Wildman–Crippen MR) is 140 cm³/mol. The predicted octanol–water partition coefficient (Wildman–Crippen LogP) is 6.13. The Kier molecular flexibility index (Phi) is 8.70. The molecule has 192 valence electrons. The molecule has 36 heavy (non-hydrogen) atoms. The number of nitrogens with zero attached hydrogens (tertiary/aromatic N) is 1. The molecule has 0 saturated carbocycles. The molecule has 1 aliphatic rings. The Balaban J connectivity index is 1.29. The second kappa shape index (κ2) is 12.1. The van der Waals surface area contributed by atoms with E-state index in [-0.39, 0.29) is 12.3 Å². The van der Waals surface area contributed by atoms with Crippen molar-refractivity contribution in [3.05, 3.63) is 52.4 Å². The molecule has 0 fully saturated rings. The van der Waals surface area contributed by atoms with Crippen molar-refractivity contribution in [2.24, 2.45) is 0 Å². The quantitative estimate of drug-likeness (QED) is 0.276. The van der Waals surface area contributed by atoms with Crippen LogP contribution in [-0.4, -0.2) is 43.0 Å². The topological polar surface area (TPSA) is 87.1 Å². The molecule has 3 aromatic rings. The number of benzene rings is 2. The Hall–Kier alpha value is -3.26. The Morgan fingerprint density at radius 1 is 1.08 bits per heavy atom. The fraction of sp³-hybridized carbons (Fsp3) is 0.429. The number of fused-ring (bicyclic) bond motifs is 1. The summed E-state index contributed by atoms with van der Waals surface area (Å²) in [5, 5.41) is 9.99. The zero-order chi connectivity index (χ0) is 25.5. The molecule has 7 nitrogen and oxygen atoms in total. The summed E-state index contributed by atoms with van der Waals surface area (Å²) in [6.07, 6.45) is 3.57. The van der Waals surface area contributed by atoms with E-state index < -0.39 is 5.97 Å². The van der Waals surface area contributed by atoms with Crippen LogP contribution in [0.5, 0.6) is 23.1 Å². The molecule has 1 aliphatic carbocycles. The van der Waals surface area contributed by atoms with E-state index in [9.17, 15) is 4.79 Å². The number of ether oxygens (including phenoxy) is 4. The summed E-state index contributed by atoms with van der Waals surface area (Å²) in [5.74, 6) is 2.23. The van der Waals surface area contributed by atoms with Crippen molar-refractivity contribution in [3.63, 3.8) is 0 Å². The summed E-state index contributed by atoms with van der Waals surface area (Å²) in [7, 11) is 1.63. The summed E-state index contributed by atoms with van der Waals surface area (Å²) >= 11 is 1.63. The van der Waals surface area contributed by atoms with Crippen molar-refractivity contribution in [2.45, 2.75) is 51.9 Å². The average Bonchev–Trinajstić information content (AvgIpc) is 3.47. The van der Waals surface area contributed by atoms with Crippen molar-refractivity contribution >= 4 is 17.3 Å². The molecule has 1 N–H and O–H groups in total. The van der Waals surface area contributed by atoms with Gasteiger partial charge in [-0.1, -0.05) is 13.0 Å². The van der Waals surface area contributed by atoms with Crippen LogP contribution >= 0.6 is 11.3 Å². The lowest BCUT2D eigenvalue weighted by Crippen LogP contribution is -2.06. The number of hydrogen-bond acceptors (Lipinski definition) is 7. The number of carbonyl (C=O) groups is 1. The first-order valence-corrected chi connectivity index (χ1v) is 13.2. The molecule has 0 spiro atoms. The first-order valence-electron chi connectivity index (χ1n) is 12.4. The number of methoxy groups -OCH3 is 1. The van der Waals surface area contributed by atoms with Crippen LogP contribution in [0.1, 0.15) is 55.0 Å². The average molecular weight is 512 g/mol. The summed E-state index contributed by atoms with van der Waals surface area (Å²) in [6.45, 7) is 5.67. The lowest BCUT2D eigenvalue weighted by molar-refractivity contribution is -0.137. The molecular formula is C28H33NO6S. The SMILES string of the molecule is CCOc1nc(-c2ccc(OCCCOc3ccc4c(c3)CC[C@H]4CC(=O)O)c(OC)c2)sc1CC. The third-order valence-corrected chi connectivity index (χ3v) is 7.46. The van der Waals surface area contributed by atoms with Gasteiger partial charge in [0.2, 0.25) is 5.88 Å². The number of aliphatic carboxylic acids is 1. The number of thiazole rings is 1. The number of hydrogen-bond donors (Lipinski definition) is 1. The number of rotatable bonds is 13. The minimum Gasteiger partial charge on any atom is -0.493 e. The zero-order valence-corrected chi connectivity index (χ0v) is 21.9. The van der Waals surface area contributed by atoms with Crippen LogP contribution in [0.3, 0.4) is 0 Å². The van der Waals surface area contributed by atoms with Gasteiger partial charge in [-0.25, -0.2) is 4.98 Å². The van der Waals surface area contributed by atoms with Crippen LogP contribution in [0.2, 0.25) is 0 Å².